The Balaban J connectivity index is 3.59. The molecule has 0 radical (unpaired) electrons. The highest BCUT2D eigenvalue weighted by Gasteiger charge is 2.17. The Hall–Kier alpha value is -2.18. The summed E-state index contributed by atoms with van der Waals surface area (Å²) in [6, 6.07) is -0.668. The van der Waals surface area contributed by atoms with Gasteiger partial charge in [-0.1, -0.05) is 229 Å². The monoisotopic (exact) mass is 884 g/mol. The van der Waals surface area contributed by atoms with Crippen molar-refractivity contribution in [3.05, 3.63) is 48.6 Å². The molecule has 0 aliphatic carbocycles. The van der Waals surface area contributed by atoms with Crippen molar-refractivity contribution in [2.24, 2.45) is 0 Å². The summed E-state index contributed by atoms with van der Waals surface area (Å²) in [6.45, 7) is 4.79. The minimum atomic E-state index is -0.878. The summed E-state index contributed by atoms with van der Waals surface area (Å²) in [5, 5.41) is 23.1. The maximum Gasteiger partial charge on any atom is 0.305 e. The highest BCUT2D eigenvalue weighted by molar-refractivity contribution is 5.76. The Labute approximate surface area is 391 Å². The molecular formula is C57H105NO5. The van der Waals surface area contributed by atoms with Crippen LogP contribution in [0.5, 0.6) is 0 Å². The van der Waals surface area contributed by atoms with Gasteiger partial charge in [-0.05, 0) is 83.5 Å². The van der Waals surface area contributed by atoms with Crippen molar-refractivity contribution in [2.75, 3.05) is 13.2 Å². The Kier molecular flexibility index (Phi) is 50.6. The second-order valence-corrected chi connectivity index (χ2v) is 18.5. The van der Waals surface area contributed by atoms with Crippen LogP contribution in [-0.4, -0.2) is 47.4 Å². The van der Waals surface area contributed by atoms with Crippen LogP contribution in [0, 0.1) is 0 Å². The minimum Gasteiger partial charge on any atom is -0.466 e. The summed E-state index contributed by atoms with van der Waals surface area (Å²) < 4.78 is 5.44. The molecule has 0 bridgehead atoms. The second kappa shape index (κ2) is 52.4. The maximum atomic E-state index is 12.4. The zero-order valence-corrected chi connectivity index (χ0v) is 41.8. The van der Waals surface area contributed by atoms with Gasteiger partial charge in [-0.2, -0.15) is 0 Å². The summed E-state index contributed by atoms with van der Waals surface area (Å²) in [6.07, 6.45) is 65.6. The molecule has 0 aromatic heterocycles. The van der Waals surface area contributed by atoms with E-state index in [1.807, 2.05) is 6.08 Å². The zero-order valence-electron chi connectivity index (χ0n) is 41.8. The van der Waals surface area contributed by atoms with Gasteiger partial charge in [0.1, 0.15) is 0 Å². The number of allylic oxidation sites excluding steroid dienone is 7. The van der Waals surface area contributed by atoms with E-state index >= 15 is 0 Å². The molecule has 63 heavy (non-hydrogen) atoms. The first-order chi connectivity index (χ1) is 31.0. The van der Waals surface area contributed by atoms with Crippen LogP contribution < -0.4 is 5.32 Å². The molecule has 0 spiro atoms. The lowest BCUT2D eigenvalue weighted by molar-refractivity contribution is -0.143. The zero-order chi connectivity index (χ0) is 45.8. The van der Waals surface area contributed by atoms with Crippen molar-refractivity contribution in [1.29, 1.82) is 0 Å². The summed E-state index contributed by atoms with van der Waals surface area (Å²) in [5.41, 5.74) is 0. The molecular weight excluding hydrogens is 779 g/mol. The third kappa shape index (κ3) is 49.1. The molecule has 2 unspecified atom stereocenters. The third-order valence-electron chi connectivity index (χ3n) is 12.3. The van der Waals surface area contributed by atoms with Crippen molar-refractivity contribution >= 4 is 11.9 Å². The van der Waals surface area contributed by atoms with E-state index in [4.69, 9.17) is 4.74 Å². The second-order valence-electron chi connectivity index (χ2n) is 18.5. The lowest BCUT2D eigenvalue weighted by atomic mass is 10.0. The number of hydrogen-bond acceptors (Lipinski definition) is 5. The van der Waals surface area contributed by atoms with Crippen LogP contribution >= 0.6 is 0 Å². The van der Waals surface area contributed by atoms with E-state index in [1.165, 1.54) is 167 Å². The molecule has 0 aromatic carbocycles. The summed E-state index contributed by atoms with van der Waals surface area (Å²) in [7, 11) is 0. The number of hydrogen-bond donors (Lipinski definition) is 3. The molecule has 2 atom stereocenters. The van der Waals surface area contributed by atoms with Crippen molar-refractivity contribution in [3.8, 4) is 0 Å². The fraction of sp³-hybridized carbons (Fsp3) is 0.825. The number of esters is 1. The normalized spacial score (nSPS) is 13.0. The van der Waals surface area contributed by atoms with Gasteiger partial charge in [0.05, 0.1) is 25.4 Å². The van der Waals surface area contributed by atoms with E-state index in [0.29, 0.717) is 19.4 Å². The van der Waals surface area contributed by atoms with Crippen LogP contribution in [0.1, 0.15) is 277 Å². The van der Waals surface area contributed by atoms with Gasteiger partial charge in [-0.3, -0.25) is 9.59 Å². The Morgan fingerprint density at radius 1 is 0.444 bits per heavy atom. The van der Waals surface area contributed by atoms with E-state index < -0.39 is 12.1 Å². The van der Waals surface area contributed by atoms with E-state index in [0.717, 1.165) is 83.5 Å². The minimum absolute atomic E-state index is 0.0517. The molecule has 6 heteroatoms. The Morgan fingerprint density at radius 3 is 1.27 bits per heavy atom. The fourth-order valence-electron chi connectivity index (χ4n) is 8.08. The first kappa shape index (κ1) is 60.8. The number of ether oxygens (including phenoxy) is 1. The highest BCUT2D eigenvalue weighted by Crippen LogP contribution is 2.16. The fourth-order valence-corrected chi connectivity index (χ4v) is 8.08. The number of carbonyl (C=O) groups excluding carboxylic acids is 2. The lowest BCUT2D eigenvalue weighted by Gasteiger charge is -2.19. The Morgan fingerprint density at radius 2 is 0.810 bits per heavy atom. The number of carbonyl (C=O) groups is 2. The lowest BCUT2D eigenvalue weighted by Crippen LogP contribution is -2.45. The van der Waals surface area contributed by atoms with Crippen LogP contribution in [0.4, 0.5) is 0 Å². The van der Waals surface area contributed by atoms with Crippen molar-refractivity contribution in [3.63, 3.8) is 0 Å². The maximum absolute atomic E-state index is 12.4. The van der Waals surface area contributed by atoms with Crippen LogP contribution in [0.15, 0.2) is 48.6 Å². The van der Waals surface area contributed by atoms with Gasteiger partial charge in [0.2, 0.25) is 5.91 Å². The standard InChI is InChI=1S/C57H105NO5/c1-3-5-7-9-11-13-15-17-19-21-22-23-24-25-26-28-30-33-37-41-45-49-55(60)54(53-59)58-56(61)50-46-42-38-34-32-36-40-44-48-52-63-57(62)51-47-43-39-35-31-29-27-20-18-16-14-12-10-8-6-4-2/h14,16,20,27,34,38,45,49,54-55,59-60H,3-13,15,17-19,21-26,28-33,35-37,39-44,46-48,50-53H2,1-2H3,(H,58,61)/b16-14-,27-20-,38-34-,49-45+. The van der Waals surface area contributed by atoms with Gasteiger partial charge in [0.25, 0.3) is 0 Å². The van der Waals surface area contributed by atoms with E-state index in [1.54, 1.807) is 6.08 Å². The summed E-state index contributed by atoms with van der Waals surface area (Å²) in [4.78, 5) is 24.5. The SMILES string of the molecule is CCCCCC/C=C\C/C=C\CCCCCCCC(=O)OCCCCCC/C=C\CCCC(=O)NC(CO)C(O)/C=C/CCCCCCCCCCCCCCCCCCCCC. The number of unbranched alkanes of at least 4 members (excludes halogenated alkanes) is 33. The molecule has 0 heterocycles. The van der Waals surface area contributed by atoms with Gasteiger partial charge in [-0.15, -0.1) is 0 Å². The van der Waals surface area contributed by atoms with Crippen LogP contribution in [0.3, 0.4) is 0 Å². The van der Waals surface area contributed by atoms with Crippen LogP contribution in [0.25, 0.3) is 0 Å². The smallest absolute Gasteiger partial charge is 0.305 e. The van der Waals surface area contributed by atoms with E-state index in [9.17, 15) is 19.8 Å². The number of rotatable bonds is 50. The topological polar surface area (TPSA) is 95.9 Å². The molecule has 0 fully saturated rings. The van der Waals surface area contributed by atoms with Gasteiger partial charge < -0.3 is 20.3 Å². The van der Waals surface area contributed by atoms with Gasteiger partial charge in [-0.25, -0.2) is 0 Å². The highest BCUT2D eigenvalue weighted by atomic mass is 16.5. The number of amides is 1. The summed E-state index contributed by atoms with van der Waals surface area (Å²) in [5.74, 6) is -0.181. The van der Waals surface area contributed by atoms with Crippen molar-refractivity contribution in [1.82, 2.24) is 5.32 Å². The molecule has 0 aromatic rings. The van der Waals surface area contributed by atoms with Gasteiger partial charge >= 0.3 is 5.97 Å². The molecule has 0 saturated heterocycles. The average Bonchev–Trinajstić information content (AvgIpc) is 3.28. The van der Waals surface area contributed by atoms with E-state index in [-0.39, 0.29) is 18.5 Å². The van der Waals surface area contributed by atoms with Gasteiger partial charge in [0, 0.05) is 12.8 Å². The molecule has 0 aliphatic rings. The van der Waals surface area contributed by atoms with Crippen molar-refractivity contribution < 1.29 is 24.5 Å². The largest absolute Gasteiger partial charge is 0.466 e. The summed E-state index contributed by atoms with van der Waals surface area (Å²) >= 11 is 0. The predicted molar refractivity (Wildman–Crippen MR) is 273 cm³/mol. The first-order valence-electron chi connectivity index (χ1n) is 27.4. The Bertz CT molecular complexity index is 1070. The number of aliphatic hydroxyl groups excluding tert-OH is 2. The van der Waals surface area contributed by atoms with Crippen LogP contribution in [0.2, 0.25) is 0 Å². The average molecular weight is 884 g/mol. The van der Waals surface area contributed by atoms with Crippen LogP contribution in [-0.2, 0) is 14.3 Å². The molecule has 3 N–H and O–H groups in total. The van der Waals surface area contributed by atoms with Crippen molar-refractivity contribution in [2.45, 2.75) is 289 Å². The molecule has 368 valence electrons. The molecule has 1 amide bonds. The third-order valence-corrected chi connectivity index (χ3v) is 12.3. The molecule has 0 aliphatic heterocycles. The predicted octanol–water partition coefficient (Wildman–Crippen LogP) is 16.6. The quantitative estimate of drug-likeness (QED) is 0.0321. The first-order valence-corrected chi connectivity index (χ1v) is 27.4. The molecule has 0 saturated carbocycles. The van der Waals surface area contributed by atoms with E-state index in [2.05, 4.69) is 55.6 Å². The number of nitrogens with one attached hydrogen (secondary N) is 1. The molecule has 0 rings (SSSR count). The van der Waals surface area contributed by atoms with Gasteiger partial charge in [0.15, 0.2) is 0 Å². The number of aliphatic hydroxyl groups is 2. The molecule has 6 nitrogen and oxygen atoms in total.